The molecule has 4 N–H and O–H groups in total. The molecule has 47 heavy (non-hydrogen) atoms. The number of hydrogen-bond acceptors (Lipinski definition) is 7. The van der Waals surface area contributed by atoms with Crippen molar-refractivity contribution in [2.75, 3.05) is 0 Å². The van der Waals surface area contributed by atoms with E-state index in [1.807, 2.05) is 13.0 Å². The lowest BCUT2D eigenvalue weighted by atomic mass is 9.43. The highest BCUT2D eigenvalue weighted by atomic mass is 16.3. The van der Waals surface area contributed by atoms with Crippen molar-refractivity contribution in [3.8, 4) is 16.9 Å². The molecule has 2 aromatic rings. The molecule has 0 amide bonds. The second kappa shape index (κ2) is 12.1. The monoisotopic (exact) mass is 642 g/mol. The lowest BCUT2D eigenvalue weighted by Crippen LogP contribution is -2.69. The molecule has 4 atom stereocenters. The summed E-state index contributed by atoms with van der Waals surface area (Å²) in [5.41, 5.74) is -0.859. The highest BCUT2D eigenvalue weighted by molar-refractivity contribution is 6.24. The molecule has 7 nitrogen and oxygen atoms in total. The van der Waals surface area contributed by atoms with Gasteiger partial charge < -0.3 is 20.4 Å². The van der Waals surface area contributed by atoms with Gasteiger partial charge in [0.1, 0.15) is 22.8 Å². The van der Waals surface area contributed by atoms with E-state index in [1.165, 1.54) is 18.1 Å². The first kappa shape index (κ1) is 34.6. The molecule has 0 spiro atoms. The van der Waals surface area contributed by atoms with Crippen LogP contribution in [0.5, 0.6) is 5.75 Å². The first-order valence-corrected chi connectivity index (χ1v) is 17.1. The molecule has 1 saturated carbocycles. The van der Waals surface area contributed by atoms with Gasteiger partial charge in [-0.05, 0) is 84.7 Å². The number of fused-ring (bicyclic) bond motifs is 3. The topological polar surface area (TPSA) is 132 Å². The third kappa shape index (κ3) is 5.16. The van der Waals surface area contributed by atoms with E-state index in [1.54, 1.807) is 20.8 Å². The maximum absolute atomic E-state index is 14.6. The summed E-state index contributed by atoms with van der Waals surface area (Å²) in [5.74, 6) is -4.54. The van der Waals surface area contributed by atoms with Crippen LogP contribution < -0.4 is 0 Å². The van der Waals surface area contributed by atoms with Gasteiger partial charge in [0.2, 0.25) is 5.78 Å². The number of unbranched alkanes of at least 4 members (excludes halogenated alkanes) is 1. The van der Waals surface area contributed by atoms with Gasteiger partial charge in [-0.3, -0.25) is 14.4 Å². The van der Waals surface area contributed by atoms with E-state index in [4.69, 9.17) is 0 Å². The largest absolute Gasteiger partial charge is 0.508 e. The number of rotatable bonds is 9. The van der Waals surface area contributed by atoms with E-state index in [9.17, 15) is 34.8 Å². The summed E-state index contributed by atoms with van der Waals surface area (Å²) in [6, 6.07) is 9.90. The van der Waals surface area contributed by atoms with Gasteiger partial charge in [-0.1, -0.05) is 85.6 Å². The van der Waals surface area contributed by atoms with Crippen molar-refractivity contribution in [1.82, 2.24) is 0 Å². The van der Waals surface area contributed by atoms with Gasteiger partial charge in [0, 0.05) is 22.3 Å². The lowest BCUT2D eigenvalue weighted by molar-refractivity contribution is -0.178. The molecule has 0 saturated heterocycles. The minimum atomic E-state index is -2.62. The van der Waals surface area contributed by atoms with Gasteiger partial charge in [-0.2, -0.15) is 0 Å². The molecule has 5 rings (SSSR count). The Kier molecular flexibility index (Phi) is 8.89. The zero-order chi connectivity index (χ0) is 34.8. The predicted octanol–water partition coefficient (Wildman–Crippen LogP) is 7.79. The summed E-state index contributed by atoms with van der Waals surface area (Å²) in [4.78, 5) is 41.1. The fourth-order valence-corrected chi connectivity index (χ4v) is 9.19. The van der Waals surface area contributed by atoms with Crippen molar-refractivity contribution in [2.45, 2.75) is 106 Å². The number of phenolic OH excluding ortho intramolecular Hbond substituents is 1. The van der Waals surface area contributed by atoms with Crippen LogP contribution in [0.1, 0.15) is 103 Å². The van der Waals surface area contributed by atoms with Gasteiger partial charge in [0.15, 0.2) is 17.2 Å². The lowest BCUT2D eigenvalue weighted by Gasteiger charge is -2.59. The number of aliphatic hydroxyl groups is 3. The molecule has 0 bridgehead atoms. The van der Waals surface area contributed by atoms with Crippen LogP contribution in [0.25, 0.3) is 16.9 Å². The molecule has 7 heteroatoms. The summed E-state index contributed by atoms with van der Waals surface area (Å²) < 4.78 is 0. The highest BCUT2D eigenvalue weighted by Gasteiger charge is 2.72. The Balaban J connectivity index is 1.71. The molecule has 3 aliphatic carbocycles. The van der Waals surface area contributed by atoms with Crippen molar-refractivity contribution in [3.05, 3.63) is 69.5 Å². The Morgan fingerprint density at radius 1 is 0.979 bits per heavy atom. The van der Waals surface area contributed by atoms with Crippen LogP contribution in [0, 0.1) is 28.6 Å². The van der Waals surface area contributed by atoms with Gasteiger partial charge in [-0.15, -0.1) is 0 Å². The minimum Gasteiger partial charge on any atom is -0.508 e. The molecule has 3 aliphatic rings. The third-order valence-corrected chi connectivity index (χ3v) is 11.2. The van der Waals surface area contributed by atoms with E-state index < -0.39 is 56.8 Å². The number of ketones is 3. The SMILES string of the molecule is CCc1ccc(CCCCC(C)C)cc1-c1ccc(O)c2c1C[C@]1(C)C[C@]3(C)C(C(C)C)C(=O)C(C(C)=O)=C(O)[C@]3(O)C(=O)C1=C2O. The van der Waals surface area contributed by atoms with Crippen LogP contribution in [-0.2, 0) is 33.6 Å². The number of carbonyl (C=O) groups is 3. The molecule has 252 valence electrons. The molecule has 0 aliphatic heterocycles. The summed E-state index contributed by atoms with van der Waals surface area (Å²) >= 11 is 0. The molecule has 0 heterocycles. The average molecular weight is 643 g/mol. The first-order valence-electron chi connectivity index (χ1n) is 17.1. The van der Waals surface area contributed by atoms with Gasteiger partial charge in [0.05, 0.1) is 5.56 Å². The van der Waals surface area contributed by atoms with Crippen LogP contribution in [0.4, 0.5) is 0 Å². The third-order valence-electron chi connectivity index (χ3n) is 11.2. The normalized spacial score (nSPS) is 27.3. The smallest absolute Gasteiger partial charge is 0.203 e. The van der Waals surface area contributed by atoms with E-state index in [-0.39, 0.29) is 35.6 Å². The summed E-state index contributed by atoms with van der Waals surface area (Å²) in [7, 11) is 0. The van der Waals surface area contributed by atoms with Crippen molar-refractivity contribution in [3.63, 3.8) is 0 Å². The number of aryl methyl sites for hydroxylation is 2. The minimum absolute atomic E-state index is 0.0660. The molecule has 2 aromatic carbocycles. The number of aromatic hydroxyl groups is 1. The Bertz CT molecular complexity index is 1730. The van der Waals surface area contributed by atoms with Crippen LogP contribution in [-0.4, -0.2) is 43.4 Å². The number of hydrogen-bond donors (Lipinski definition) is 4. The summed E-state index contributed by atoms with van der Waals surface area (Å²) in [6.07, 6.45) is 5.42. The van der Waals surface area contributed by atoms with E-state index >= 15 is 0 Å². The molecular formula is C40H50O7. The standard InChI is InChI=1S/C40H50O7/c1-9-25-15-14-24(13-11-10-12-21(2)3)18-27(25)26-16-17-29(42)31-28(26)19-38(7)20-39(8)32(22(4)5)34(43)30(23(6)41)36(45)40(39,47)37(46)33(38)35(31)44/h14-18,21-22,32,42,44-45,47H,9-13,19-20H2,1-8H3/t32?,38-,39-,40+/m1/s1. The van der Waals surface area contributed by atoms with Crippen molar-refractivity contribution < 1.29 is 34.8 Å². The molecule has 1 unspecified atom stereocenters. The molecular weight excluding hydrogens is 592 g/mol. The first-order chi connectivity index (χ1) is 21.9. The molecule has 0 radical (unpaired) electrons. The summed E-state index contributed by atoms with van der Waals surface area (Å²) in [6.45, 7) is 14.8. The van der Waals surface area contributed by atoms with Crippen molar-refractivity contribution in [2.24, 2.45) is 28.6 Å². The van der Waals surface area contributed by atoms with Crippen LogP contribution >= 0.6 is 0 Å². The molecule has 0 aromatic heterocycles. The second-order valence-corrected chi connectivity index (χ2v) is 15.4. The Hall–Kier alpha value is -3.71. The fraction of sp³-hybridized carbons (Fsp3) is 0.525. The maximum Gasteiger partial charge on any atom is 0.203 e. The van der Waals surface area contributed by atoms with Gasteiger partial charge in [0.25, 0.3) is 0 Å². The number of phenols is 1. The van der Waals surface area contributed by atoms with Crippen LogP contribution in [0.2, 0.25) is 0 Å². The second-order valence-electron chi connectivity index (χ2n) is 15.4. The Morgan fingerprint density at radius 3 is 2.26 bits per heavy atom. The quantitative estimate of drug-likeness (QED) is 0.162. The number of benzene rings is 2. The zero-order valence-corrected chi connectivity index (χ0v) is 29.1. The van der Waals surface area contributed by atoms with E-state index in [0.29, 0.717) is 11.5 Å². The van der Waals surface area contributed by atoms with E-state index in [2.05, 4.69) is 39.0 Å². The Labute approximate surface area is 278 Å². The van der Waals surface area contributed by atoms with Gasteiger partial charge in [-0.25, -0.2) is 0 Å². The zero-order valence-electron chi connectivity index (χ0n) is 29.1. The number of Topliss-reactive ketones (excluding diaryl/α,β-unsaturated/α-hetero) is 3. The maximum atomic E-state index is 14.6. The summed E-state index contributed by atoms with van der Waals surface area (Å²) in [5, 5.41) is 46.8. The Morgan fingerprint density at radius 2 is 1.66 bits per heavy atom. The number of aliphatic hydroxyl groups excluding tert-OH is 2. The van der Waals surface area contributed by atoms with Gasteiger partial charge >= 0.3 is 0 Å². The fourth-order valence-electron chi connectivity index (χ4n) is 9.19. The number of allylic oxidation sites excluding steroid dienone is 1. The predicted molar refractivity (Wildman–Crippen MR) is 183 cm³/mol. The molecule has 1 fully saturated rings. The van der Waals surface area contributed by atoms with Crippen molar-refractivity contribution >= 4 is 23.1 Å². The van der Waals surface area contributed by atoms with Crippen LogP contribution in [0.15, 0.2) is 47.2 Å². The highest BCUT2D eigenvalue weighted by Crippen LogP contribution is 2.65. The van der Waals surface area contributed by atoms with Crippen molar-refractivity contribution in [1.29, 1.82) is 0 Å². The number of carbonyl (C=O) groups excluding carboxylic acids is 3. The van der Waals surface area contributed by atoms with E-state index in [0.717, 1.165) is 49.3 Å². The van der Waals surface area contributed by atoms with Crippen LogP contribution in [0.3, 0.4) is 0 Å². The average Bonchev–Trinajstić information content (AvgIpc) is 2.96.